The largest absolute Gasteiger partial charge is 0.378 e. The number of piperidine rings is 1. The molecule has 6 heteroatoms. The predicted molar refractivity (Wildman–Crippen MR) is 129 cm³/mol. The summed E-state index contributed by atoms with van der Waals surface area (Å²) in [4.78, 5) is 2.43. The molecule has 1 saturated heterocycles. The third-order valence-electron chi connectivity index (χ3n) is 6.92. The van der Waals surface area contributed by atoms with Crippen LogP contribution >= 0.6 is 0 Å². The molecule has 1 saturated carbocycles. The van der Waals surface area contributed by atoms with Crippen LogP contribution in [0.3, 0.4) is 0 Å². The molecule has 0 amide bonds. The fraction of sp³-hybridized carbons (Fsp3) is 0.538. The SMILES string of the molecule is CS(=O)(=O)N[C@H]1CCN(Cc2ccccc2)C[C@H]1CO[C@H]1CC[C@@H](c2ccccc2)CC1. The molecular weight excluding hydrogens is 420 g/mol. The number of hydrogen-bond acceptors (Lipinski definition) is 4. The zero-order valence-corrected chi connectivity index (χ0v) is 19.8. The molecule has 1 aliphatic carbocycles. The molecule has 1 N–H and O–H groups in total. The van der Waals surface area contributed by atoms with Gasteiger partial charge in [0, 0.05) is 31.6 Å². The Labute approximate surface area is 193 Å². The summed E-state index contributed by atoms with van der Waals surface area (Å²) < 4.78 is 33.1. The number of rotatable bonds is 8. The third kappa shape index (κ3) is 6.88. The van der Waals surface area contributed by atoms with Crippen LogP contribution in [0.4, 0.5) is 0 Å². The van der Waals surface area contributed by atoms with E-state index in [1.54, 1.807) is 0 Å². The standard InChI is InChI=1S/C26H36N2O3S/c1-32(29,30)27-26-16-17-28(18-21-8-4-2-5-9-21)19-24(26)20-31-25-14-12-23(13-15-25)22-10-6-3-7-11-22/h2-11,23-27H,12-20H2,1H3/t23-,24-,25+,26-/m0/s1. The van der Waals surface area contributed by atoms with Crippen molar-refractivity contribution in [1.82, 2.24) is 9.62 Å². The van der Waals surface area contributed by atoms with Crippen LogP contribution in [-0.4, -0.2) is 51.4 Å². The number of likely N-dealkylation sites (tertiary alicyclic amines) is 1. The second-order valence-corrected chi connectivity index (χ2v) is 11.3. The van der Waals surface area contributed by atoms with Crippen LogP contribution in [-0.2, 0) is 21.3 Å². The minimum Gasteiger partial charge on any atom is -0.378 e. The van der Waals surface area contributed by atoms with Gasteiger partial charge in [0.15, 0.2) is 0 Å². The number of benzene rings is 2. The van der Waals surface area contributed by atoms with E-state index in [1.807, 2.05) is 6.07 Å². The Morgan fingerprint density at radius 1 is 0.938 bits per heavy atom. The van der Waals surface area contributed by atoms with Crippen molar-refractivity contribution < 1.29 is 13.2 Å². The van der Waals surface area contributed by atoms with E-state index in [0.717, 1.165) is 51.7 Å². The fourth-order valence-corrected chi connectivity index (χ4v) is 6.10. The summed E-state index contributed by atoms with van der Waals surface area (Å²) in [7, 11) is -3.24. The maximum absolute atomic E-state index is 11.9. The Balaban J connectivity index is 1.32. The van der Waals surface area contributed by atoms with Crippen molar-refractivity contribution in [1.29, 1.82) is 0 Å². The highest BCUT2D eigenvalue weighted by atomic mass is 32.2. The summed E-state index contributed by atoms with van der Waals surface area (Å²) in [5, 5.41) is 0. The van der Waals surface area contributed by atoms with E-state index in [-0.39, 0.29) is 18.1 Å². The Bertz CT molecular complexity index is 928. The van der Waals surface area contributed by atoms with Crippen molar-refractivity contribution in [3.63, 3.8) is 0 Å². The maximum Gasteiger partial charge on any atom is 0.208 e. The Morgan fingerprint density at radius 3 is 2.25 bits per heavy atom. The van der Waals surface area contributed by atoms with Crippen molar-refractivity contribution in [2.75, 3.05) is 26.0 Å². The quantitative estimate of drug-likeness (QED) is 0.648. The molecule has 4 rings (SSSR count). The molecule has 0 radical (unpaired) electrons. The highest BCUT2D eigenvalue weighted by Crippen LogP contribution is 2.34. The molecule has 1 aliphatic heterocycles. The van der Waals surface area contributed by atoms with Gasteiger partial charge < -0.3 is 4.74 Å². The van der Waals surface area contributed by atoms with E-state index in [9.17, 15) is 8.42 Å². The second-order valence-electron chi connectivity index (χ2n) is 9.48. The molecule has 174 valence electrons. The van der Waals surface area contributed by atoms with Gasteiger partial charge in [-0.3, -0.25) is 4.90 Å². The van der Waals surface area contributed by atoms with Crippen LogP contribution < -0.4 is 4.72 Å². The average molecular weight is 457 g/mol. The molecule has 2 atom stereocenters. The van der Waals surface area contributed by atoms with Crippen LogP contribution in [0.5, 0.6) is 0 Å². The lowest BCUT2D eigenvalue weighted by Crippen LogP contribution is -2.52. The molecule has 32 heavy (non-hydrogen) atoms. The van der Waals surface area contributed by atoms with Crippen molar-refractivity contribution in [3.05, 3.63) is 71.8 Å². The lowest BCUT2D eigenvalue weighted by molar-refractivity contribution is -0.0179. The first-order valence-electron chi connectivity index (χ1n) is 11.9. The van der Waals surface area contributed by atoms with Gasteiger partial charge in [0.1, 0.15) is 0 Å². The van der Waals surface area contributed by atoms with Crippen molar-refractivity contribution in [2.24, 2.45) is 5.92 Å². The van der Waals surface area contributed by atoms with Gasteiger partial charge in [-0.15, -0.1) is 0 Å². The number of nitrogens with zero attached hydrogens (tertiary/aromatic N) is 1. The fourth-order valence-electron chi connectivity index (χ4n) is 5.24. The summed E-state index contributed by atoms with van der Waals surface area (Å²) in [6, 6.07) is 21.2. The first-order valence-corrected chi connectivity index (χ1v) is 13.8. The Hall–Kier alpha value is -1.73. The number of hydrogen-bond donors (Lipinski definition) is 1. The molecule has 2 fully saturated rings. The van der Waals surface area contributed by atoms with Crippen molar-refractivity contribution in [2.45, 2.75) is 56.7 Å². The van der Waals surface area contributed by atoms with Gasteiger partial charge in [-0.1, -0.05) is 60.7 Å². The molecule has 2 aromatic rings. The Morgan fingerprint density at radius 2 is 1.59 bits per heavy atom. The van der Waals surface area contributed by atoms with Gasteiger partial charge in [-0.2, -0.15) is 0 Å². The molecule has 0 aromatic heterocycles. The van der Waals surface area contributed by atoms with Crippen molar-refractivity contribution >= 4 is 10.0 Å². The molecule has 1 heterocycles. The number of sulfonamides is 1. The topological polar surface area (TPSA) is 58.6 Å². The van der Waals surface area contributed by atoms with Crippen LogP contribution in [0.25, 0.3) is 0 Å². The zero-order chi connectivity index (χ0) is 22.4. The molecular formula is C26H36N2O3S. The summed E-state index contributed by atoms with van der Waals surface area (Å²) in [6.07, 6.45) is 6.81. The minimum absolute atomic E-state index is 0.0577. The molecule has 0 spiro atoms. The molecule has 2 aliphatic rings. The van der Waals surface area contributed by atoms with E-state index in [0.29, 0.717) is 12.5 Å². The summed E-state index contributed by atoms with van der Waals surface area (Å²) in [5.41, 5.74) is 2.73. The number of nitrogens with one attached hydrogen (secondary N) is 1. The highest BCUT2D eigenvalue weighted by molar-refractivity contribution is 7.88. The van der Waals surface area contributed by atoms with Crippen LogP contribution in [0.2, 0.25) is 0 Å². The summed E-state index contributed by atoms with van der Waals surface area (Å²) in [6.45, 7) is 3.24. The maximum atomic E-state index is 11.9. The first-order chi connectivity index (χ1) is 15.5. The van der Waals surface area contributed by atoms with Gasteiger partial charge in [-0.05, 0) is 49.1 Å². The van der Waals surface area contributed by atoms with Crippen LogP contribution in [0.1, 0.15) is 49.1 Å². The lowest BCUT2D eigenvalue weighted by Gasteiger charge is -2.39. The molecule has 5 nitrogen and oxygen atoms in total. The zero-order valence-electron chi connectivity index (χ0n) is 19.0. The lowest BCUT2D eigenvalue weighted by atomic mass is 9.82. The monoisotopic (exact) mass is 456 g/mol. The van der Waals surface area contributed by atoms with Gasteiger partial charge in [0.05, 0.1) is 19.0 Å². The van der Waals surface area contributed by atoms with E-state index >= 15 is 0 Å². The second kappa shape index (κ2) is 10.9. The first kappa shape index (κ1) is 23.4. The molecule has 0 unspecified atom stereocenters. The van der Waals surface area contributed by atoms with Crippen LogP contribution in [0.15, 0.2) is 60.7 Å². The molecule has 0 bridgehead atoms. The minimum atomic E-state index is -3.24. The van der Waals surface area contributed by atoms with Gasteiger partial charge >= 0.3 is 0 Å². The van der Waals surface area contributed by atoms with Gasteiger partial charge in [0.2, 0.25) is 10.0 Å². The predicted octanol–water partition coefficient (Wildman–Crippen LogP) is 4.17. The highest BCUT2D eigenvalue weighted by Gasteiger charge is 2.32. The van der Waals surface area contributed by atoms with Gasteiger partial charge in [0.25, 0.3) is 0 Å². The van der Waals surface area contributed by atoms with Crippen molar-refractivity contribution in [3.8, 4) is 0 Å². The smallest absolute Gasteiger partial charge is 0.208 e. The third-order valence-corrected chi connectivity index (χ3v) is 7.65. The van der Waals surface area contributed by atoms with E-state index in [1.165, 1.54) is 17.4 Å². The average Bonchev–Trinajstić information content (AvgIpc) is 2.80. The van der Waals surface area contributed by atoms with E-state index < -0.39 is 10.0 Å². The number of ether oxygens (including phenoxy) is 1. The summed E-state index contributed by atoms with van der Waals surface area (Å²) >= 11 is 0. The van der Waals surface area contributed by atoms with E-state index in [4.69, 9.17) is 4.74 Å². The van der Waals surface area contributed by atoms with Gasteiger partial charge in [-0.25, -0.2) is 13.1 Å². The Kier molecular flexibility index (Phi) is 8.00. The van der Waals surface area contributed by atoms with E-state index in [2.05, 4.69) is 64.2 Å². The van der Waals surface area contributed by atoms with Crippen LogP contribution in [0, 0.1) is 5.92 Å². The normalized spacial score (nSPS) is 27.3. The molecule has 2 aromatic carbocycles. The summed E-state index contributed by atoms with van der Waals surface area (Å²) in [5.74, 6) is 0.792.